The highest BCUT2D eigenvalue weighted by atomic mass is 19.1. The molecule has 146 valence electrons. The molecule has 0 aromatic heterocycles. The molecule has 1 aliphatic heterocycles. The largest absolute Gasteiger partial charge is 0.353 e. The molecule has 1 aromatic rings. The molecule has 27 heavy (non-hydrogen) atoms. The standard InChI is InChI=1S/C21H26F2N2O2/c22-18-9-4-10-19(23)17(18)11-12-20(26)25-13-5-6-15(14-25)21(27)24-16-7-2-1-3-8-16/h4,9-12,15-16H,1-3,5-8,13-14H2,(H,24,27)/b12-11-/t15-/m0/s1. The van der Waals surface area contributed by atoms with Gasteiger partial charge in [-0.1, -0.05) is 25.3 Å². The molecule has 0 unspecified atom stereocenters. The predicted octanol–water partition coefficient (Wildman–Crippen LogP) is 3.67. The van der Waals surface area contributed by atoms with Crippen molar-refractivity contribution in [2.75, 3.05) is 13.1 Å². The number of piperidine rings is 1. The minimum absolute atomic E-state index is 0.0172. The van der Waals surface area contributed by atoms with E-state index in [0.717, 1.165) is 50.7 Å². The van der Waals surface area contributed by atoms with E-state index in [4.69, 9.17) is 0 Å². The van der Waals surface area contributed by atoms with Crippen LogP contribution in [0, 0.1) is 17.6 Å². The van der Waals surface area contributed by atoms with Crippen LogP contribution >= 0.6 is 0 Å². The number of carbonyl (C=O) groups is 2. The van der Waals surface area contributed by atoms with Crippen molar-refractivity contribution >= 4 is 17.9 Å². The molecule has 0 radical (unpaired) electrons. The Labute approximate surface area is 158 Å². The van der Waals surface area contributed by atoms with Crippen molar-refractivity contribution in [3.8, 4) is 0 Å². The van der Waals surface area contributed by atoms with Crippen LogP contribution in [0.5, 0.6) is 0 Å². The normalized spacial score (nSPS) is 21.4. The number of likely N-dealkylation sites (tertiary alicyclic amines) is 1. The number of amides is 2. The Morgan fingerprint density at radius 3 is 2.44 bits per heavy atom. The second-order valence-electron chi connectivity index (χ2n) is 7.44. The van der Waals surface area contributed by atoms with Crippen LogP contribution in [-0.2, 0) is 9.59 Å². The van der Waals surface area contributed by atoms with Gasteiger partial charge in [0.2, 0.25) is 11.8 Å². The SMILES string of the molecule is O=C(NC1CCCCC1)[C@H]1CCCN(C(=O)/C=C\c2c(F)cccc2F)C1. The smallest absolute Gasteiger partial charge is 0.246 e. The highest BCUT2D eigenvalue weighted by Gasteiger charge is 2.29. The summed E-state index contributed by atoms with van der Waals surface area (Å²) in [6.45, 7) is 0.900. The van der Waals surface area contributed by atoms with E-state index in [2.05, 4.69) is 5.32 Å². The quantitative estimate of drug-likeness (QED) is 0.816. The molecule has 1 N–H and O–H groups in total. The van der Waals surface area contributed by atoms with E-state index >= 15 is 0 Å². The first-order valence-electron chi connectivity index (χ1n) is 9.76. The molecule has 0 bridgehead atoms. The average Bonchev–Trinajstić information content (AvgIpc) is 2.68. The van der Waals surface area contributed by atoms with Crippen LogP contribution in [0.15, 0.2) is 24.3 Å². The maximum atomic E-state index is 13.7. The summed E-state index contributed by atoms with van der Waals surface area (Å²) in [6.07, 6.45) is 9.43. The van der Waals surface area contributed by atoms with Gasteiger partial charge < -0.3 is 10.2 Å². The van der Waals surface area contributed by atoms with Crippen LogP contribution in [-0.4, -0.2) is 35.8 Å². The lowest BCUT2D eigenvalue weighted by Crippen LogP contribution is -2.47. The summed E-state index contributed by atoms with van der Waals surface area (Å²) in [6, 6.07) is 3.84. The summed E-state index contributed by atoms with van der Waals surface area (Å²) in [7, 11) is 0. The maximum Gasteiger partial charge on any atom is 0.246 e. The van der Waals surface area contributed by atoms with Crippen molar-refractivity contribution in [2.45, 2.75) is 51.0 Å². The van der Waals surface area contributed by atoms with E-state index in [1.165, 1.54) is 24.6 Å². The third-order valence-electron chi connectivity index (χ3n) is 5.45. The fraction of sp³-hybridized carbons (Fsp3) is 0.524. The molecule has 2 fully saturated rings. The van der Waals surface area contributed by atoms with Gasteiger partial charge in [0, 0.05) is 30.8 Å². The molecule has 1 atom stereocenters. The highest BCUT2D eigenvalue weighted by molar-refractivity contribution is 5.92. The molecular weight excluding hydrogens is 350 g/mol. The third-order valence-corrected chi connectivity index (χ3v) is 5.45. The first-order valence-corrected chi connectivity index (χ1v) is 9.76. The second-order valence-corrected chi connectivity index (χ2v) is 7.44. The highest BCUT2D eigenvalue weighted by Crippen LogP contribution is 2.21. The van der Waals surface area contributed by atoms with E-state index < -0.39 is 11.6 Å². The minimum atomic E-state index is -0.706. The van der Waals surface area contributed by atoms with Gasteiger partial charge in [-0.2, -0.15) is 0 Å². The Balaban J connectivity index is 1.57. The first kappa shape index (κ1) is 19.5. The molecule has 1 saturated heterocycles. The van der Waals surface area contributed by atoms with E-state index in [0.29, 0.717) is 13.1 Å². The van der Waals surface area contributed by atoms with Gasteiger partial charge in [-0.05, 0) is 43.9 Å². The van der Waals surface area contributed by atoms with Crippen LogP contribution in [0.3, 0.4) is 0 Å². The zero-order chi connectivity index (χ0) is 19.2. The van der Waals surface area contributed by atoms with Crippen molar-refractivity contribution in [1.82, 2.24) is 10.2 Å². The molecule has 1 aliphatic carbocycles. The lowest BCUT2D eigenvalue weighted by Gasteiger charge is -2.33. The van der Waals surface area contributed by atoms with Crippen molar-refractivity contribution in [1.29, 1.82) is 0 Å². The van der Waals surface area contributed by atoms with Crippen molar-refractivity contribution in [2.24, 2.45) is 5.92 Å². The van der Waals surface area contributed by atoms with Gasteiger partial charge in [-0.25, -0.2) is 8.78 Å². The maximum absolute atomic E-state index is 13.7. The lowest BCUT2D eigenvalue weighted by molar-refractivity contribution is -0.132. The number of carbonyl (C=O) groups excluding carboxylic acids is 2. The first-order chi connectivity index (χ1) is 13.0. The fourth-order valence-corrected chi connectivity index (χ4v) is 3.89. The summed E-state index contributed by atoms with van der Waals surface area (Å²) in [4.78, 5) is 26.5. The number of nitrogens with one attached hydrogen (secondary N) is 1. The molecule has 4 nitrogen and oxygen atoms in total. The van der Waals surface area contributed by atoms with Crippen LogP contribution in [0.1, 0.15) is 50.5 Å². The number of hydrogen-bond donors (Lipinski definition) is 1. The molecule has 3 rings (SSSR count). The summed E-state index contributed by atoms with van der Waals surface area (Å²) in [5, 5.41) is 3.13. The second kappa shape index (κ2) is 9.11. The monoisotopic (exact) mass is 376 g/mol. The summed E-state index contributed by atoms with van der Waals surface area (Å²) >= 11 is 0. The van der Waals surface area contributed by atoms with Gasteiger partial charge in [-0.3, -0.25) is 9.59 Å². The lowest BCUT2D eigenvalue weighted by atomic mass is 9.93. The third kappa shape index (κ3) is 5.15. The average molecular weight is 376 g/mol. The number of rotatable bonds is 4. The molecule has 1 saturated carbocycles. The van der Waals surface area contributed by atoms with Gasteiger partial charge in [0.05, 0.1) is 5.92 Å². The van der Waals surface area contributed by atoms with Gasteiger partial charge in [-0.15, -0.1) is 0 Å². The van der Waals surface area contributed by atoms with Crippen molar-refractivity contribution < 1.29 is 18.4 Å². The van der Waals surface area contributed by atoms with Gasteiger partial charge in [0.1, 0.15) is 11.6 Å². The zero-order valence-electron chi connectivity index (χ0n) is 15.4. The van der Waals surface area contributed by atoms with E-state index in [1.807, 2.05) is 0 Å². The summed E-state index contributed by atoms with van der Waals surface area (Å²) < 4.78 is 27.3. The van der Waals surface area contributed by atoms with E-state index in [9.17, 15) is 18.4 Å². The number of nitrogens with zero attached hydrogens (tertiary/aromatic N) is 1. The molecular formula is C21H26F2N2O2. The van der Waals surface area contributed by atoms with Crippen LogP contribution in [0.25, 0.3) is 6.08 Å². The van der Waals surface area contributed by atoms with Crippen LogP contribution in [0.4, 0.5) is 8.78 Å². The molecule has 6 heteroatoms. The topological polar surface area (TPSA) is 49.4 Å². The Bertz CT molecular complexity index is 694. The zero-order valence-corrected chi connectivity index (χ0v) is 15.4. The molecule has 0 spiro atoms. The van der Waals surface area contributed by atoms with Crippen LogP contribution in [0.2, 0.25) is 0 Å². The molecule has 1 aromatic carbocycles. The molecule has 2 aliphatic rings. The molecule has 1 heterocycles. The number of benzene rings is 1. The Kier molecular flexibility index (Phi) is 6.58. The Hall–Kier alpha value is -2.24. The minimum Gasteiger partial charge on any atom is -0.353 e. The predicted molar refractivity (Wildman–Crippen MR) is 99.7 cm³/mol. The van der Waals surface area contributed by atoms with E-state index in [-0.39, 0.29) is 29.3 Å². The molecule has 2 amide bonds. The van der Waals surface area contributed by atoms with Crippen molar-refractivity contribution in [3.63, 3.8) is 0 Å². The Morgan fingerprint density at radius 2 is 1.74 bits per heavy atom. The number of halogens is 2. The van der Waals surface area contributed by atoms with Crippen LogP contribution < -0.4 is 5.32 Å². The van der Waals surface area contributed by atoms with Crippen molar-refractivity contribution in [3.05, 3.63) is 41.5 Å². The Morgan fingerprint density at radius 1 is 1.04 bits per heavy atom. The summed E-state index contributed by atoms with van der Waals surface area (Å²) in [5.41, 5.74) is -0.227. The van der Waals surface area contributed by atoms with E-state index in [1.54, 1.807) is 4.90 Å². The number of hydrogen-bond acceptors (Lipinski definition) is 2. The van der Waals surface area contributed by atoms with Gasteiger partial charge >= 0.3 is 0 Å². The fourth-order valence-electron chi connectivity index (χ4n) is 3.89. The van der Waals surface area contributed by atoms with Gasteiger partial charge in [0.15, 0.2) is 0 Å². The van der Waals surface area contributed by atoms with Gasteiger partial charge in [0.25, 0.3) is 0 Å². The summed E-state index contributed by atoms with van der Waals surface area (Å²) in [5.74, 6) is -1.94.